The monoisotopic (exact) mass is 323 g/mol. The van der Waals surface area contributed by atoms with Gasteiger partial charge in [-0.3, -0.25) is 0 Å². The van der Waals surface area contributed by atoms with Crippen LogP contribution in [0.1, 0.15) is 13.8 Å². The standard InChI is InChI=1S/C10H14BrNO2S2/c1-7-5-12(6-8(7)2)16(13,14)10-9(11)3-4-15-10/h3-4,7-8H,5-6H2,1-2H3. The molecule has 0 saturated carbocycles. The number of hydrogen-bond acceptors (Lipinski definition) is 3. The number of halogens is 1. The van der Waals surface area contributed by atoms with Gasteiger partial charge >= 0.3 is 0 Å². The van der Waals surface area contributed by atoms with E-state index >= 15 is 0 Å². The van der Waals surface area contributed by atoms with Crippen LogP contribution in [-0.2, 0) is 10.0 Å². The van der Waals surface area contributed by atoms with E-state index in [0.717, 1.165) is 0 Å². The molecule has 3 nitrogen and oxygen atoms in total. The van der Waals surface area contributed by atoms with Gasteiger partial charge in [-0.1, -0.05) is 13.8 Å². The zero-order chi connectivity index (χ0) is 11.9. The molecular weight excluding hydrogens is 310 g/mol. The molecule has 0 aromatic carbocycles. The van der Waals surface area contributed by atoms with Gasteiger partial charge in [0, 0.05) is 17.6 Å². The van der Waals surface area contributed by atoms with Crippen LogP contribution in [0.3, 0.4) is 0 Å². The predicted octanol–water partition coefficient (Wildman–Crippen LogP) is 2.79. The molecule has 1 aliphatic rings. The molecule has 2 heterocycles. The lowest BCUT2D eigenvalue weighted by Crippen LogP contribution is -2.28. The Labute approximate surface area is 109 Å². The quantitative estimate of drug-likeness (QED) is 0.839. The summed E-state index contributed by atoms with van der Waals surface area (Å²) < 4.78 is 27.3. The van der Waals surface area contributed by atoms with Crippen molar-refractivity contribution in [2.75, 3.05) is 13.1 Å². The summed E-state index contributed by atoms with van der Waals surface area (Å²) in [5.74, 6) is 0.877. The summed E-state index contributed by atoms with van der Waals surface area (Å²) in [5, 5.41) is 1.79. The van der Waals surface area contributed by atoms with Crippen LogP contribution in [0.15, 0.2) is 20.1 Å². The molecule has 1 aromatic heterocycles. The van der Waals surface area contributed by atoms with Gasteiger partial charge in [-0.15, -0.1) is 11.3 Å². The van der Waals surface area contributed by atoms with E-state index in [2.05, 4.69) is 29.8 Å². The highest BCUT2D eigenvalue weighted by molar-refractivity contribution is 9.10. The Bertz CT molecular complexity index is 473. The van der Waals surface area contributed by atoms with E-state index in [-0.39, 0.29) is 0 Å². The summed E-state index contributed by atoms with van der Waals surface area (Å²) in [7, 11) is -3.29. The summed E-state index contributed by atoms with van der Waals surface area (Å²) in [6.45, 7) is 5.47. The van der Waals surface area contributed by atoms with Crippen molar-refractivity contribution in [3.8, 4) is 0 Å². The molecule has 0 spiro atoms. The molecule has 6 heteroatoms. The molecule has 0 amide bonds. The second-order valence-electron chi connectivity index (χ2n) is 4.33. The first kappa shape index (κ1) is 12.5. The zero-order valence-electron chi connectivity index (χ0n) is 9.18. The second-order valence-corrected chi connectivity index (χ2v) is 8.24. The van der Waals surface area contributed by atoms with Crippen LogP contribution in [0, 0.1) is 11.8 Å². The number of hydrogen-bond donors (Lipinski definition) is 0. The van der Waals surface area contributed by atoms with Crippen molar-refractivity contribution >= 4 is 37.3 Å². The minimum absolute atomic E-state index is 0.425. The zero-order valence-corrected chi connectivity index (χ0v) is 12.4. The molecule has 1 aromatic rings. The van der Waals surface area contributed by atoms with Gasteiger partial charge < -0.3 is 0 Å². The van der Waals surface area contributed by atoms with Crippen molar-refractivity contribution in [3.05, 3.63) is 15.9 Å². The van der Waals surface area contributed by atoms with Gasteiger partial charge in [-0.25, -0.2) is 8.42 Å². The lowest BCUT2D eigenvalue weighted by molar-refractivity contribution is 0.464. The SMILES string of the molecule is CC1CN(S(=O)(=O)c2sccc2Br)CC1C. The van der Waals surface area contributed by atoms with E-state index in [1.807, 2.05) is 0 Å². The molecule has 16 heavy (non-hydrogen) atoms. The average molecular weight is 324 g/mol. The Hall–Kier alpha value is 0.0900. The van der Waals surface area contributed by atoms with E-state index in [1.54, 1.807) is 15.8 Å². The van der Waals surface area contributed by atoms with Gasteiger partial charge in [-0.2, -0.15) is 4.31 Å². The molecule has 0 N–H and O–H groups in total. The largest absolute Gasteiger partial charge is 0.253 e. The van der Waals surface area contributed by atoms with E-state index in [1.165, 1.54) is 11.3 Å². The fourth-order valence-corrected chi connectivity index (χ4v) is 5.94. The Morgan fingerprint density at radius 2 is 1.94 bits per heavy atom. The molecule has 0 radical (unpaired) electrons. The first-order valence-corrected chi connectivity index (χ1v) is 8.27. The summed E-state index contributed by atoms with van der Waals surface area (Å²) in [4.78, 5) is 0. The van der Waals surface area contributed by atoms with Crippen LogP contribution in [0.2, 0.25) is 0 Å². The topological polar surface area (TPSA) is 37.4 Å². The summed E-state index contributed by atoms with van der Waals surface area (Å²) >= 11 is 4.55. The van der Waals surface area contributed by atoms with Crippen molar-refractivity contribution in [3.63, 3.8) is 0 Å². The third kappa shape index (κ3) is 2.08. The van der Waals surface area contributed by atoms with Crippen LogP contribution in [0.4, 0.5) is 0 Å². The lowest BCUT2D eigenvalue weighted by Gasteiger charge is -2.15. The molecule has 0 aliphatic carbocycles. The highest BCUT2D eigenvalue weighted by Gasteiger charge is 2.36. The minimum Gasteiger partial charge on any atom is -0.206 e. The molecule has 2 atom stereocenters. The maximum Gasteiger partial charge on any atom is 0.253 e. The fourth-order valence-electron chi connectivity index (χ4n) is 1.85. The normalized spacial score (nSPS) is 27.4. The van der Waals surface area contributed by atoms with Crippen molar-refractivity contribution < 1.29 is 8.42 Å². The van der Waals surface area contributed by atoms with Gasteiger partial charge in [0.15, 0.2) is 0 Å². The first-order chi connectivity index (χ1) is 7.43. The van der Waals surface area contributed by atoms with E-state index in [4.69, 9.17) is 0 Å². The number of sulfonamides is 1. The average Bonchev–Trinajstić information content (AvgIpc) is 2.75. The van der Waals surface area contributed by atoms with Gasteiger partial charge in [0.05, 0.1) is 0 Å². The van der Waals surface area contributed by atoms with Gasteiger partial charge in [0.25, 0.3) is 10.0 Å². The van der Waals surface area contributed by atoms with E-state index in [9.17, 15) is 8.42 Å². The third-order valence-electron chi connectivity index (χ3n) is 3.11. The van der Waals surface area contributed by atoms with E-state index < -0.39 is 10.0 Å². The Balaban J connectivity index is 2.31. The smallest absolute Gasteiger partial charge is 0.206 e. The van der Waals surface area contributed by atoms with Gasteiger partial charge in [0.1, 0.15) is 4.21 Å². The third-order valence-corrected chi connectivity index (χ3v) is 7.59. The van der Waals surface area contributed by atoms with Crippen LogP contribution < -0.4 is 0 Å². The van der Waals surface area contributed by atoms with Gasteiger partial charge in [-0.05, 0) is 39.2 Å². The van der Waals surface area contributed by atoms with Crippen LogP contribution >= 0.6 is 27.3 Å². The number of rotatable bonds is 2. The van der Waals surface area contributed by atoms with Crippen molar-refractivity contribution in [2.24, 2.45) is 11.8 Å². The fraction of sp³-hybridized carbons (Fsp3) is 0.600. The molecule has 2 rings (SSSR count). The number of thiophene rings is 1. The van der Waals surface area contributed by atoms with Crippen molar-refractivity contribution in [2.45, 2.75) is 18.1 Å². The molecule has 1 aliphatic heterocycles. The molecule has 2 unspecified atom stereocenters. The molecule has 0 bridgehead atoms. The molecule has 1 saturated heterocycles. The summed E-state index contributed by atoms with van der Waals surface area (Å²) in [6, 6.07) is 1.78. The molecule has 1 fully saturated rings. The van der Waals surface area contributed by atoms with Crippen LogP contribution in [-0.4, -0.2) is 25.8 Å². The van der Waals surface area contributed by atoms with Crippen molar-refractivity contribution in [1.29, 1.82) is 0 Å². The maximum atomic E-state index is 12.3. The molecular formula is C10H14BrNO2S2. The Morgan fingerprint density at radius 1 is 1.38 bits per heavy atom. The second kappa shape index (κ2) is 4.40. The maximum absolute atomic E-state index is 12.3. The summed E-state index contributed by atoms with van der Waals surface area (Å²) in [5.41, 5.74) is 0. The lowest BCUT2D eigenvalue weighted by atomic mass is 10.0. The van der Waals surface area contributed by atoms with Crippen LogP contribution in [0.5, 0.6) is 0 Å². The first-order valence-electron chi connectivity index (χ1n) is 5.16. The highest BCUT2D eigenvalue weighted by atomic mass is 79.9. The van der Waals surface area contributed by atoms with Gasteiger partial charge in [0.2, 0.25) is 0 Å². The highest BCUT2D eigenvalue weighted by Crippen LogP contribution is 2.34. The predicted molar refractivity (Wildman–Crippen MR) is 69.1 cm³/mol. The Kier molecular flexibility index (Phi) is 3.45. The minimum atomic E-state index is -3.29. The summed E-state index contributed by atoms with van der Waals surface area (Å²) in [6.07, 6.45) is 0. The van der Waals surface area contributed by atoms with Crippen LogP contribution in [0.25, 0.3) is 0 Å². The van der Waals surface area contributed by atoms with E-state index in [0.29, 0.717) is 33.6 Å². The Morgan fingerprint density at radius 3 is 2.38 bits per heavy atom. The van der Waals surface area contributed by atoms with Crippen molar-refractivity contribution in [1.82, 2.24) is 4.31 Å². The molecule has 90 valence electrons. The number of nitrogens with zero attached hydrogens (tertiary/aromatic N) is 1.